The van der Waals surface area contributed by atoms with Gasteiger partial charge in [-0.25, -0.2) is 0 Å². The van der Waals surface area contributed by atoms with Crippen molar-refractivity contribution in [1.82, 2.24) is 9.88 Å². The minimum Gasteiger partial charge on any atom is -0.409 e. The van der Waals surface area contributed by atoms with Gasteiger partial charge in [0.1, 0.15) is 11.9 Å². The van der Waals surface area contributed by atoms with Gasteiger partial charge < -0.3 is 20.6 Å². The highest BCUT2D eigenvalue weighted by Gasteiger charge is 2.20. The Morgan fingerprint density at radius 2 is 2.40 bits per heavy atom. The third-order valence-corrected chi connectivity index (χ3v) is 2.88. The second-order valence-corrected chi connectivity index (χ2v) is 4.34. The lowest BCUT2D eigenvalue weighted by Gasteiger charge is -2.25. The molecule has 1 unspecified atom stereocenters. The zero-order chi connectivity index (χ0) is 15.0. The number of hydrogen-bond acceptors (Lipinski definition) is 5. The normalized spacial score (nSPS) is 13.0. The van der Waals surface area contributed by atoms with E-state index in [1.807, 2.05) is 6.07 Å². The van der Waals surface area contributed by atoms with Gasteiger partial charge in [0, 0.05) is 39.0 Å². The third-order valence-electron chi connectivity index (χ3n) is 2.88. The van der Waals surface area contributed by atoms with Crippen LogP contribution in [-0.2, 0) is 16.1 Å². The quantitative estimate of drug-likeness (QED) is 0.329. The van der Waals surface area contributed by atoms with Crippen LogP contribution in [0.1, 0.15) is 18.9 Å². The predicted octanol–water partition coefficient (Wildman–Crippen LogP) is 0.582. The van der Waals surface area contributed by atoms with E-state index in [-0.39, 0.29) is 11.7 Å². The number of carbonyl (C=O) groups excluding carboxylic acids is 1. The molecule has 3 N–H and O–H groups in total. The first-order chi connectivity index (χ1) is 9.58. The summed E-state index contributed by atoms with van der Waals surface area (Å²) in [7, 11) is 1.48. The highest BCUT2D eigenvalue weighted by Crippen LogP contribution is 2.07. The number of nitrogens with zero attached hydrogens (tertiary/aromatic N) is 3. The molecule has 1 rings (SSSR count). The lowest BCUT2D eigenvalue weighted by Crippen LogP contribution is -2.40. The second kappa shape index (κ2) is 8.11. The summed E-state index contributed by atoms with van der Waals surface area (Å²) in [6, 6.07) is 3.69. The fourth-order valence-electron chi connectivity index (χ4n) is 1.64. The molecule has 1 aromatic rings. The van der Waals surface area contributed by atoms with Gasteiger partial charge in [-0.15, -0.1) is 0 Å². The van der Waals surface area contributed by atoms with Gasteiger partial charge in [0.25, 0.3) is 5.91 Å². The molecule has 0 saturated carbocycles. The molecule has 20 heavy (non-hydrogen) atoms. The van der Waals surface area contributed by atoms with Gasteiger partial charge in [0.2, 0.25) is 0 Å². The molecule has 7 heteroatoms. The van der Waals surface area contributed by atoms with E-state index in [4.69, 9.17) is 15.7 Å². The zero-order valence-electron chi connectivity index (χ0n) is 11.7. The van der Waals surface area contributed by atoms with Gasteiger partial charge >= 0.3 is 0 Å². The molecule has 1 amide bonds. The van der Waals surface area contributed by atoms with Crippen LogP contribution in [0, 0.1) is 0 Å². The molecule has 7 nitrogen and oxygen atoms in total. The molecule has 1 atom stereocenters. The second-order valence-electron chi connectivity index (χ2n) is 4.34. The molecule has 0 radical (unpaired) electrons. The topological polar surface area (TPSA) is 101 Å². The smallest absolute Gasteiger partial charge is 0.251 e. The van der Waals surface area contributed by atoms with Crippen molar-refractivity contribution in [2.75, 3.05) is 13.7 Å². The van der Waals surface area contributed by atoms with Crippen LogP contribution in [0.25, 0.3) is 0 Å². The SMILES string of the molecule is COC(C)C(=O)N(CC/C(N)=N/O)Cc1cccnc1. The molecule has 1 aromatic heterocycles. The molecule has 0 aromatic carbocycles. The number of amides is 1. The first kappa shape index (κ1) is 15.9. The van der Waals surface area contributed by atoms with E-state index >= 15 is 0 Å². The van der Waals surface area contributed by atoms with Crippen LogP contribution in [0.4, 0.5) is 0 Å². The Morgan fingerprint density at radius 1 is 1.65 bits per heavy atom. The molecule has 0 saturated heterocycles. The van der Waals surface area contributed by atoms with E-state index in [1.165, 1.54) is 7.11 Å². The highest BCUT2D eigenvalue weighted by atomic mass is 16.5. The number of hydrogen-bond donors (Lipinski definition) is 2. The van der Waals surface area contributed by atoms with Crippen LogP contribution in [0.2, 0.25) is 0 Å². The Morgan fingerprint density at radius 3 is 2.95 bits per heavy atom. The maximum absolute atomic E-state index is 12.2. The monoisotopic (exact) mass is 280 g/mol. The molecular formula is C13H20N4O3. The fourth-order valence-corrected chi connectivity index (χ4v) is 1.64. The van der Waals surface area contributed by atoms with Crippen LogP contribution in [-0.4, -0.2) is 46.6 Å². The third kappa shape index (κ3) is 4.85. The summed E-state index contributed by atoms with van der Waals surface area (Å²) in [5.41, 5.74) is 6.35. The maximum Gasteiger partial charge on any atom is 0.251 e. The van der Waals surface area contributed by atoms with Crippen molar-refractivity contribution in [3.63, 3.8) is 0 Å². The number of pyridine rings is 1. The molecule has 1 heterocycles. The maximum atomic E-state index is 12.2. The minimum absolute atomic E-state index is 0.0825. The summed E-state index contributed by atoms with van der Waals surface area (Å²) in [6.45, 7) is 2.43. The Labute approximate surface area is 118 Å². The standard InChI is InChI=1S/C13H20N4O3/c1-10(20-2)13(18)17(7-5-12(14)16-19)9-11-4-3-6-15-8-11/h3-4,6,8,10,19H,5,7,9H2,1-2H3,(H2,14,16). The van der Waals surface area contributed by atoms with Crippen molar-refractivity contribution in [2.24, 2.45) is 10.9 Å². The van der Waals surface area contributed by atoms with Gasteiger partial charge in [0.15, 0.2) is 0 Å². The number of carbonyl (C=O) groups is 1. The first-order valence-corrected chi connectivity index (χ1v) is 6.25. The van der Waals surface area contributed by atoms with Gasteiger partial charge in [0.05, 0.1) is 0 Å². The Hall–Kier alpha value is -2.15. The number of ether oxygens (including phenoxy) is 1. The molecule has 0 aliphatic rings. The number of rotatable bonds is 7. The van der Waals surface area contributed by atoms with E-state index in [0.29, 0.717) is 19.5 Å². The van der Waals surface area contributed by atoms with Crippen LogP contribution in [0.3, 0.4) is 0 Å². The molecule has 0 bridgehead atoms. The minimum atomic E-state index is -0.543. The molecule has 0 fully saturated rings. The number of nitrogens with two attached hydrogens (primary N) is 1. The van der Waals surface area contributed by atoms with Crippen molar-refractivity contribution >= 4 is 11.7 Å². The number of amidine groups is 1. The van der Waals surface area contributed by atoms with Crippen molar-refractivity contribution in [2.45, 2.75) is 26.0 Å². The van der Waals surface area contributed by atoms with E-state index in [9.17, 15) is 4.79 Å². The van der Waals surface area contributed by atoms with Crippen LogP contribution in [0.5, 0.6) is 0 Å². The Bertz CT molecular complexity index is 450. The van der Waals surface area contributed by atoms with Gasteiger partial charge in [-0.3, -0.25) is 9.78 Å². The van der Waals surface area contributed by atoms with Crippen molar-refractivity contribution in [3.05, 3.63) is 30.1 Å². The summed E-state index contributed by atoms with van der Waals surface area (Å²) in [6.07, 6.45) is 3.11. The summed E-state index contributed by atoms with van der Waals surface area (Å²) in [5.74, 6) is -0.0684. The lowest BCUT2D eigenvalue weighted by atomic mass is 10.2. The largest absolute Gasteiger partial charge is 0.409 e. The van der Waals surface area contributed by atoms with Crippen molar-refractivity contribution in [3.8, 4) is 0 Å². The Balaban J connectivity index is 2.76. The van der Waals surface area contributed by atoms with Crippen LogP contribution >= 0.6 is 0 Å². The van der Waals surface area contributed by atoms with E-state index in [1.54, 1.807) is 30.3 Å². The van der Waals surface area contributed by atoms with E-state index in [0.717, 1.165) is 5.56 Å². The number of aromatic nitrogens is 1. The molecule has 0 aliphatic carbocycles. The van der Waals surface area contributed by atoms with Crippen molar-refractivity contribution < 1.29 is 14.7 Å². The van der Waals surface area contributed by atoms with E-state index < -0.39 is 6.10 Å². The fraction of sp³-hybridized carbons (Fsp3) is 0.462. The van der Waals surface area contributed by atoms with Gasteiger partial charge in [-0.2, -0.15) is 0 Å². The van der Waals surface area contributed by atoms with Crippen molar-refractivity contribution in [1.29, 1.82) is 0 Å². The molecule has 0 spiro atoms. The Kier molecular flexibility index (Phi) is 6.45. The predicted molar refractivity (Wildman–Crippen MR) is 74.2 cm³/mol. The lowest BCUT2D eigenvalue weighted by molar-refractivity contribution is -0.141. The average Bonchev–Trinajstić information content (AvgIpc) is 2.50. The summed E-state index contributed by atoms with van der Waals surface area (Å²) in [5, 5.41) is 11.5. The van der Waals surface area contributed by atoms with Crippen LogP contribution in [0.15, 0.2) is 29.7 Å². The molecule has 0 aliphatic heterocycles. The van der Waals surface area contributed by atoms with Gasteiger partial charge in [-0.1, -0.05) is 11.2 Å². The summed E-state index contributed by atoms with van der Waals surface area (Å²) in [4.78, 5) is 17.8. The highest BCUT2D eigenvalue weighted by molar-refractivity contribution is 5.83. The number of methoxy groups -OCH3 is 1. The molecular weight excluding hydrogens is 260 g/mol. The average molecular weight is 280 g/mol. The first-order valence-electron chi connectivity index (χ1n) is 6.25. The summed E-state index contributed by atoms with van der Waals surface area (Å²) < 4.78 is 5.05. The zero-order valence-corrected chi connectivity index (χ0v) is 11.7. The van der Waals surface area contributed by atoms with Gasteiger partial charge in [-0.05, 0) is 18.6 Å². The molecule has 110 valence electrons. The summed E-state index contributed by atoms with van der Waals surface area (Å²) >= 11 is 0. The van der Waals surface area contributed by atoms with Crippen LogP contribution < -0.4 is 5.73 Å². The number of oxime groups is 1. The van der Waals surface area contributed by atoms with E-state index in [2.05, 4.69) is 10.1 Å².